The molecule has 1 heterocycles. The zero-order chi connectivity index (χ0) is 16.1. The molecular weight excluding hydrogens is 300 g/mol. The quantitative estimate of drug-likeness (QED) is 0.770. The number of carboxylic acids is 1. The van der Waals surface area contributed by atoms with E-state index in [9.17, 15) is 9.59 Å². The van der Waals surface area contributed by atoms with E-state index in [-0.39, 0.29) is 12.3 Å². The number of unbranched alkanes of at least 4 members (excludes halogenated alkanes) is 1. The SMILES string of the molecule is CCCCN(CCC(=O)O)c1sc2c(c1C(N)=O)CCCC2. The largest absolute Gasteiger partial charge is 0.481 e. The molecule has 0 aromatic carbocycles. The van der Waals surface area contributed by atoms with Crippen molar-refractivity contribution < 1.29 is 14.7 Å². The number of aliphatic carboxylic acids is 1. The van der Waals surface area contributed by atoms with Gasteiger partial charge in [0.15, 0.2) is 0 Å². The van der Waals surface area contributed by atoms with Gasteiger partial charge in [-0.05, 0) is 37.7 Å². The first-order valence-corrected chi connectivity index (χ1v) is 8.77. The second kappa shape index (κ2) is 7.63. The zero-order valence-corrected chi connectivity index (χ0v) is 13.9. The van der Waals surface area contributed by atoms with Crippen LogP contribution in [0.3, 0.4) is 0 Å². The van der Waals surface area contributed by atoms with E-state index in [0.29, 0.717) is 12.1 Å². The van der Waals surface area contributed by atoms with Crippen molar-refractivity contribution in [3.8, 4) is 0 Å². The number of anilines is 1. The van der Waals surface area contributed by atoms with E-state index in [1.165, 1.54) is 4.88 Å². The van der Waals surface area contributed by atoms with Crippen LogP contribution in [0.4, 0.5) is 5.00 Å². The number of carboxylic acid groups (broad SMARTS) is 1. The molecule has 0 bridgehead atoms. The minimum Gasteiger partial charge on any atom is -0.481 e. The van der Waals surface area contributed by atoms with Gasteiger partial charge in [-0.1, -0.05) is 13.3 Å². The van der Waals surface area contributed by atoms with Crippen molar-refractivity contribution in [2.75, 3.05) is 18.0 Å². The average molecular weight is 324 g/mol. The number of carbonyl (C=O) groups excluding carboxylic acids is 1. The number of hydrogen-bond donors (Lipinski definition) is 2. The molecule has 0 spiro atoms. The van der Waals surface area contributed by atoms with Crippen molar-refractivity contribution in [1.82, 2.24) is 0 Å². The van der Waals surface area contributed by atoms with Crippen LogP contribution in [0, 0.1) is 0 Å². The molecule has 5 nitrogen and oxygen atoms in total. The Bertz CT molecular complexity index is 554. The maximum Gasteiger partial charge on any atom is 0.305 e. The summed E-state index contributed by atoms with van der Waals surface area (Å²) in [5, 5.41) is 9.84. The maximum atomic E-state index is 12.0. The van der Waals surface area contributed by atoms with Crippen molar-refractivity contribution in [2.45, 2.75) is 51.9 Å². The monoisotopic (exact) mass is 324 g/mol. The summed E-state index contributed by atoms with van der Waals surface area (Å²) in [7, 11) is 0. The van der Waals surface area contributed by atoms with Crippen molar-refractivity contribution in [2.24, 2.45) is 5.73 Å². The van der Waals surface area contributed by atoms with E-state index in [2.05, 4.69) is 6.92 Å². The van der Waals surface area contributed by atoms with Gasteiger partial charge in [0, 0.05) is 18.0 Å². The number of nitrogens with zero attached hydrogens (tertiary/aromatic N) is 1. The molecule has 3 N–H and O–H groups in total. The summed E-state index contributed by atoms with van der Waals surface area (Å²) in [5.74, 6) is -1.20. The molecule has 0 saturated carbocycles. The summed E-state index contributed by atoms with van der Waals surface area (Å²) in [6, 6.07) is 0. The summed E-state index contributed by atoms with van der Waals surface area (Å²) in [6.07, 6.45) is 6.22. The molecule has 0 radical (unpaired) electrons. The molecule has 0 fully saturated rings. The second-order valence-corrected chi connectivity index (χ2v) is 6.82. The van der Waals surface area contributed by atoms with Crippen LogP contribution in [-0.4, -0.2) is 30.1 Å². The molecule has 122 valence electrons. The lowest BCUT2D eigenvalue weighted by Gasteiger charge is -2.23. The van der Waals surface area contributed by atoms with Crippen LogP contribution in [0.15, 0.2) is 0 Å². The van der Waals surface area contributed by atoms with Crippen molar-refractivity contribution in [3.05, 3.63) is 16.0 Å². The van der Waals surface area contributed by atoms with E-state index < -0.39 is 5.97 Å². The number of thiophene rings is 1. The summed E-state index contributed by atoms with van der Waals surface area (Å²) in [5.41, 5.74) is 7.38. The van der Waals surface area contributed by atoms with Gasteiger partial charge < -0.3 is 15.7 Å². The zero-order valence-electron chi connectivity index (χ0n) is 13.1. The highest BCUT2D eigenvalue weighted by atomic mass is 32.1. The summed E-state index contributed by atoms with van der Waals surface area (Å²) in [4.78, 5) is 26.2. The molecule has 0 unspecified atom stereocenters. The minimum absolute atomic E-state index is 0.0739. The first-order valence-electron chi connectivity index (χ1n) is 7.95. The predicted octanol–water partition coefficient (Wildman–Crippen LogP) is 2.81. The highest BCUT2D eigenvalue weighted by Crippen LogP contribution is 2.40. The summed E-state index contributed by atoms with van der Waals surface area (Å²) >= 11 is 1.63. The normalized spacial score (nSPS) is 13.7. The fourth-order valence-corrected chi connectivity index (χ4v) is 4.37. The number of amides is 1. The number of primary amides is 1. The van der Waals surface area contributed by atoms with Crippen molar-refractivity contribution >= 4 is 28.2 Å². The number of hydrogen-bond acceptors (Lipinski definition) is 4. The molecular formula is C16H24N2O3S. The molecule has 1 aliphatic carbocycles. The summed E-state index contributed by atoms with van der Waals surface area (Å²) in [6.45, 7) is 3.29. The number of fused-ring (bicyclic) bond motifs is 1. The number of aryl methyl sites for hydroxylation is 1. The Kier molecular flexibility index (Phi) is 5.83. The first kappa shape index (κ1) is 16.8. The van der Waals surface area contributed by atoms with Crippen LogP contribution < -0.4 is 10.6 Å². The van der Waals surface area contributed by atoms with E-state index >= 15 is 0 Å². The van der Waals surface area contributed by atoms with Crippen molar-refractivity contribution in [3.63, 3.8) is 0 Å². The molecule has 1 amide bonds. The summed E-state index contributed by atoms with van der Waals surface area (Å²) < 4.78 is 0. The smallest absolute Gasteiger partial charge is 0.305 e. The molecule has 2 rings (SSSR count). The van der Waals surface area contributed by atoms with E-state index in [4.69, 9.17) is 10.8 Å². The number of nitrogens with two attached hydrogens (primary N) is 1. The van der Waals surface area contributed by atoms with Gasteiger partial charge in [0.05, 0.1) is 12.0 Å². The highest BCUT2D eigenvalue weighted by Gasteiger charge is 2.26. The van der Waals surface area contributed by atoms with Crippen LogP contribution in [0.1, 0.15) is 59.8 Å². The Morgan fingerprint density at radius 1 is 1.27 bits per heavy atom. The second-order valence-electron chi connectivity index (χ2n) is 5.74. The highest BCUT2D eigenvalue weighted by molar-refractivity contribution is 7.16. The average Bonchev–Trinajstić information content (AvgIpc) is 2.86. The predicted molar refractivity (Wildman–Crippen MR) is 88.9 cm³/mol. The molecule has 6 heteroatoms. The first-order chi connectivity index (χ1) is 10.5. The van der Waals surface area contributed by atoms with Crippen molar-refractivity contribution in [1.29, 1.82) is 0 Å². The minimum atomic E-state index is -0.816. The van der Waals surface area contributed by atoms with Gasteiger partial charge in [0.2, 0.25) is 0 Å². The Hall–Kier alpha value is -1.56. The number of carbonyl (C=O) groups is 2. The topological polar surface area (TPSA) is 83.6 Å². The third-order valence-electron chi connectivity index (χ3n) is 4.06. The lowest BCUT2D eigenvalue weighted by molar-refractivity contribution is -0.136. The fourth-order valence-electron chi connectivity index (χ4n) is 2.92. The Morgan fingerprint density at radius 3 is 2.64 bits per heavy atom. The van der Waals surface area contributed by atoms with Crippen LogP contribution in [0.2, 0.25) is 0 Å². The molecule has 1 aromatic rings. The van der Waals surface area contributed by atoms with Gasteiger partial charge in [-0.25, -0.2) is 0 Å². The van der Waals surface area contributed by atoms with Gasteiger partial charge in [0.25, 0.3) is 5.91 Å². The van der Waals surface area contributed by atoms with Gasteiger partial charge in [-0.3, -0.25) is 9.59 Å². The van der Waals surface area contributed by atoms with Crippen LogP contribution >= 0.6 is 11.3 Å². The molecule has 0 aliphatic heterocycles. The third kappa shape index (κ3) is 3.80. The molecule has 0 atom stereocenters. The van der Waals surface area contributed by atoms with Gasteiger partial charge in [-0.2, -0.15) is 0 Å². The van der Waals surface area contributed by atoms with Gasteiger partial charge in [0.1, 0.15) is 5.00 Å². The Balaban J connectivity index is 2.34. The van der Waals surface area contributed by atoms with E-state index in [1.807, 2.05) is 4.90 Å². The maximum absolute atomic E-state index is 12.0. The lowest BCUT2D eigenvalue weighted by atomic mass is 9.95. The van der Waals surface area contributed by atoms with Gasteiger partial charge >= 0.3 is 5.97 Å². The molecule has 1 aromatic heterocycles. The third-order valence-corrected chi connectivity index (χ3v) is 5.42. The lowest BCUT2D eigenvalue weighted by Crippen LogP contribution is -2.29. The van der Waals surface area contributed by atoms with E-state index in [1.54, 1.807) is 11.3 Å². The standard InChI is InChI=1S/C16H24N2O3S/c1-2-3-9-18(10-8-13(19)20)16-14(15(17)21)11-6-4-5-7-12(11)22-16/h2-10H2,1H3,(H2,17,21)(H,19,20). The van der Waals surface area contributed by atoms with Crippen LogP contribution in [-0.2, 0) is 17.6 Å². The van der Waals surface area contributed by atoms with E-state index in [0.717, 1.165) is 55.6 Å². The molecule has 0 saturated heterocycles. The molecule has 1 aliphatic rings. The van der Waals surface area contributed by atoms with Crippen LogP contribution in [0.25, 0.3) is 0 Å². The Morgan fingerprint density at radius 2 is 2.00 bits per heavy atom. The number of rotatable bonds is 8. The fraction of sp³-hybridized carbons (Fsp3) is 0.625. The Labute approximate surface area is 135 Å². The van der Waals surface area contributed by atoms with Crippen LogP contribution in [0.5, 0.6) is 0 Å². The van der Waals surface area contributed by atoms with Gasteiger partial charge in [-0.15, -0.1) is 11.3 Å². The molecule has 22 heavy (non-hydrogen) atoms.